The normalized spacial score (nSPS) is 17.6. The van der Waals surface area contributed by atoms with E-state index < -0.39 is 36.2 Å². The quantitative estimate of drug-likeness (QED) is 0.0956. The van der Waals surface area contributed by atoms with Gasteiger partial charge in [0, 0.05) is 17.8 Å². The zero-order valence-corrected chi connectivity index (χ0v) is 39.0. The number of rotatable bonds is 20. The van der Waals surface area contributed by atoms with E-state index in [4.69, 9.17) is 19.4 Å². The summed E-state index contributed by atoms with van der Waals surface area (Å²) in [5.74, 6) is 0. The molecule has 3 rings (SSSR count). The molecule has 2 unspecified atom stereocenters. The molecule has 0 saturated carbocycles. The minimum atomic E-state index is -5.53. The zero-order valence-electron chi connectivity index (χ0n) is 36.3. The van der Waals surface area contributed by atoms with E-state index in [0.717, 1.165) is 5.39 Å². The molecule has 2 aromatic rings. The van der Waals surface area contributed by atoms with Gasteiger partial charge in [0.1, 0.15) is 11.9 Å². The van der Waals surface area contributed by atoms with Crippen LogP contribution >= 0.6 is 23.5 Å². The van der Waals surface area contributed by atoms with Gasteiger partial charge in [0.25, 0.3) is 0 Å². The molecule has 2 aromatic heterocycles. The van der Waals surface area contributed by atoms with Gasteiger partial charge < -0.3 is 48.5 Å². The number of ether oxygens (including phenoxy) is 1. The molecule has 332 valence electrons. The highest BCUT2D eigenvalue weighted by Gasteiger charge is 2.41. The van der Waals surface area contributed by atoms with Crippen LogP contribution in [0, 0.1) is 0 Å². The van der Waals surface area contributed by atoms with Crippen molar-refractivity contribution in [3.63, 3.8) is 0 Å². The molecule has 1 fully saturated rings. The third-order valence-corrected chi connectivity index (χ3v) is 12.9. The maximum absolute atomic E-state index is 11.7. The van der Waals surface area contributed by atoms with E-state index in [2.05, 4.69) is 121 Å². The highest BCUT2D eigenvalue weighted by Crippen LogP contribution is 2.66. The van der Waals surface area contributed by atoms with Gasteiger partial charge in [-0.2, -0.15) is 8.62 Å². The first-order valence-corrected chi connectivity index (χ1v) is 24.6. The van der Waals surface area contributed by atoms with E-state index in [1.807, 2.05) is 12.1 Å². The molecule has 4 atom stereocenters. The molecule has 0 radical (unpaired) electrons. The molecule has 1 aliphatic rings. The fraction of sp³-hybridized carbons (Fsp3) is 0.806. The minimum absolute atomic E-state index is 0.387. The van der Waals surface area contributed by atoms with E-state index in [0.29, 0.717) is 18.5 Å². The first-order chi connectivity index (χ1) is 26.3. The minimum Gasteiger partial charge on any atom is -0.352 e. The van der Waals surface area contributed by atoms with Crippen molar-refractivity contribution in [1.29, 1.82) is 0 Å². The van der Waals surface area contributed by atoms with Gasteiger partial charge in [0.05, 0.1) is 12.7 Å². The van der Waals surface area contributed by atoms with Crippen LogP contribution in [-0.4, -0.2) is 140 Å². The number of hydrogen-bond donors (Lipinski definition) is 4. The summed E-state index contributed by atoms with van der Waals surface area (Å²) in [5, 5.41) is 0.919. The summed E-state index contributed by atoms with van der Waals surface area (Å²) < 4.78 is 53.0. The summed E-state index contributed by atoms with van der Waals surface area (Å²) in [6, 6.07) is 5.55. The monoisotopic (exact) mass is 862 g/mol. The lowest BCUT2D eigenvalue weighted by atomic mass is 10.2. The van der Waals surface area contributed by atoms with Crippen LogP contribution in [0.1, 0.15) is 102 Å². The van der Waals surface area contributed by atoms with Crippen LogP contribution in [0.3, 0.4) is 0 Å². The number of fused-ring (bicyclic) bond motifs is 1. The van der Waals surface area contributed by atoms with Crippen molar-refractivity contribution in [1.82, 2.24) is 29.2 Å². The highest BCUT2D eigenvalue weighted by atomic mass is 31.3. The van der Waals surface area contributed by atoms with E-state index in [1.54, 1.807) is 23.0 Å². The van der Waals surface area contributed by atoms with Crippen LogP contribution in [0.4, 0.5) is 0 Å². The Hall–Kier alpha value is -1.10. The molecule has 3 heterocycles. The lowest BCUT2D eigenvalue weighted by molar-refractivity contribution is -0.0202. The van der Waals surface area contributed by atoms with E-state index in [9.17, 15) is 18.6 Å². The maximum atomic E-state index is 11.7. The Bertz CT molecular complexity index is 1320. The van der Waals surface area contributed by atoms with Gasteiger partial charge in [-0.15, -0.1) is 0 Å². The molecular formula is C36H77N6O11P3. The Balaban J connectivity index is 0. The Morgan fingerprint density at radius 3 is 1.41 bits per heavy atom. The number of pyridine rings is 1. The Morgan fingerprint density at radius 1 is 0.643 bits per heavy atom. The van der Waals surface area contributed by atoms with Crippen LogP contribution in [0.5, 0.6) is 0 Å². The number of hydrogen-bond acceptors (Lipinski definition) is 12. The lowest BCUT2D eigenvalue weighted by Crippen LogP contribution is -2.21. The third-order valence-electron chi connectivity index (χ3n) is 9.08. The van der Waals surface area contributed by atoms with Crippen molar-refractivity contribution in [2.24, 2.45) is 0 Å². The van der Waals surface area contributed by atoms with Gasteiger partial charge in [0.2, 0.25) is 0 Å². The van der Waals surface area contributed by atoms with Crippen molar-refractivity contribution in [2.45, 2.75) is 108 Å². The van der Waals surface area contributed by atoms with Crippen LogP contribution < -0.4 is 0 Å². The second-order valence-corrected chi connectivity index (χ2v) is 16.7. The molecule has 0 bridgehead atoms. The summed E-state index contributed by atoms with van der Waals surface area (Å²) in [7, 11) is -16.1. The summed E-state index contributed by atoms with van der Waals surface area (Å²) in [5.41, 5.74) is 0.709. The van der Waals surface area contributed by atoms with E-state index in [1.165, 1.54) is 78.5 Å². The van der Waals surface area contributed by atoms with Crippen LogP contribution in [-0.2, 0) is 31.6 Å². The molecule has 0 spiro atoms. The van der Waals surface area contributed by atoms with Crippen molar-refractivity contribution >= 4 is 34.5 Å². The molecule has 1 aliphatic heterocycles. The van der Waals surface area contributed by atoms with Crippen LogP contribution in [0.15, 0.2) is 30.6 Å². The van der Waals surface area contributed by atoms with Crippen LogP contribution in [0.25, 0.3) is 11.0 Å². The van der Waals surface area contributed by atoms with Crippen molar-refractivity contribution in [2.75, 3.05) is 85.1 Å². The summed E-state index contributed by atoms with van der Waals surface area (Å²) >= 11 is 0. The van der Waals surface area contributed by atoms with Crippen molar-refractivity contribution in [3.8, 4) is 0 Å². The van der Waals surface area contributed by atoms with E-state index in [-0.39, 0.29) is 6.23 Å². The average Bonchev–Trinajstić information content (AvgIpc) is 3.81. The maximum Gasteiger partial charge on any atom is 0.490 e. The fourth-order valence-corrected chi connectivity index (χ4v) is 8.45. The first-order valence-electron chi connectivity index (χ1n) is 20.1. The number of aromatic nitrogens is 2. The Labute approximate surface area is 338 Å². The van der Waals surface area contributed by atoms with Crippen molar-refractivity contribution < 1.29 is 51.2 Å². The molecular weight excluding hydrogens is 785 g/mol. The van der Waals surface area contributed by atoms with E-state index >= 15 is 0 Å². The van der Waals surface area contributed by atoms with Gasteiger partial charge in [-0.25, -0.2) is 18.7 Å². The van der Waals surface area contributed by atoms with Gasteiger partial charge in [-0.3, -0.25) is 4.52 Å². The number of nitrogens with zero attached hydrogens (tertiary/aromatic N) is 6. The second kappa shape index (κ2) is 31.8. The molecule has 17 nitrogen and oxygen atoms in total. The third kappa shape index (κ3) is 26.1. The highest BCUT2D eigenvalue weighted by molar-refractivity contribution is 7.66. The average molecular weight is 863 g/mol. The molecule has 0 aliphatic carbocycles. The zero-order chi connectivity index (χ0) is 43.4. The van der Waals surface area contributed by atoms with Gasteiger partial charge in [-0.05, 0) is 110 Å². The second-order valence-electron chi connectivity index (χ2n) is 12.3. The smallest absolute Gasteiger partial charge is 0.352 e. The summed E-state index contributed by atoms with van der Waals surface area (Å²) in [4.78, 5) is 49.3. The van der Waals surface area contributed by atoms with Gasteiger partial charge >= 0.3 is 23.5 Å². The molecule has 0 aromatic carbocycles. The fourth-order valence-electron chi connectivity index (χ4n) is 5.40. The molecule has 20 heteroatoms. The van der Waals surface area contributed by atoms with Gasteiger partial charge in [-0.1, -0.05) is 83.1 Å². The summed E-state index contributed by atoms with van der Waals surface area (Å²) in [6.45, 7) is 40.0. The van der Waals surface area contributed by atoms with Gasteiger partial charge in [0.15, 0.2) is 0 Å². The predicted octanol–water partition coefficient (Wildman–Crippen LogP) is 7.45. The topological polar surface area (TPSA) is 200 Å². The summed E-state index contributed by atoms with van der Waals surface area (Å²) in [6.07, 6.45) is 3.43. The Kier molecular flexibility index (Phi) is 32.3. The molecule has 0 amide bonds. The molecule has 56 heavy (non-hydrogen) atoms. The molecule has 4 N–H and O–H groups in total. The number of phosphoric acid groups is 3. The standard InChI is InChI=1S/C12H17N2O11P3.4C6H15N/c15-26(16,17)24-28(20,21)25-27(18,19)22-8-10-3-4-11(23-10)14-7-5-9-2-1-6-13-12(9)14;4*1-4-7(5-2)6-3/h1-2,5-7,10-11H,3-4,8H2,(H,18,19)(H,20,21)(H2,15,16,17);4*4-6H2,1-3H3/t10-,11-;;;;/m0..../s1. The SMILES string of the molecule is CCN(CC)CC.CCN(CC)CC.CCN(CC)CC.CCN(CC)CC.O=P(O)(O)OP(=O)(O)OP(=O)(O)OC[C@@H]1CC[C@@H](n2ccc3cccnc32)O1. The Morgan fingerprint density at radius 2 is 1.05 bits per heavy atom. The first kappa shape index (κ1) is 57.0. The largest absolute Gasteiger partial charge is 0.490 e. The lowest BCUT2D eigenvalue weighted by Gasteiger charge is -2.19. The molecule has 1 saturated heterocycles. The predicted molar refractivity (Wildman–Crippen MR) is 227 cm³/mol. The van der Waals surface area contributed by atoms with Crippen molar-refractivity contribution in [3.05, 3.63) is 30.6 Å². The number of phosphoric ester groups is 1. The van der Waals surface area contributed by atoms with Crippen LogP contribution in [0.2, 0.25) is 0 Å².